The number of nitrogens with zero attached hydrogens (tertiary/aromatic N) is 2. The van der Waals surface area contributed by atoms with E-state index in [1.165, 1.54) is 13.3 Å². The van der Waals surface area contributed by atoms with Gasteiger partial charge in [0.15, 0.2) is 11.5 Å². The molecule has 21 heavy (non-hydrogen) atoms. The lowest BCUT2D eigenvalue weighted by molar-refractivity contribution is 0.0868. The summed E-state index contributed by atoms with van der Waals surface area (Å²) < 4.78 is 4.76. The molecule has 0 unspecified atom stereocenters. The van der Waals surface area contributed by atoms with E-state index in [9.17, 15) is 4.79 Å². The van der Waals surface area contributed by atoms with E-state index in [2.05, 4.69) is 15.3 Å². The van der Waals surface area contributed by atoms with Gasteiger partial charge in [-0.2, -0.15) is 0 Å². The summed E-state index contributed by atoms with van der Waals surface area (Å²) in [7, 11) is 1.46. The summed E-state index contributed by atoms with van der Waals surface area (Å²) in [5, 5.41) is 3.32. The Morgan fingerprint density at radius 1 is 1.38 bits per heavy atom. The van der Waals surface area contributed by atoms with Crippen molar-refractivity contribution in [1.82, 2.24) is 15.3 Å². The molecule has 110 valence electrons. The molecule has 2 aromatic rings. The van der Waals surface area contributed by atoms with E-state index >= 15 is 0 Å². The highest BCUT2D eigenvalue weighted by Crippen LogP contribution is 2.27. The monoisotopic (exact) mass is 326 g/mol. The SMILES string of the molecule is COCNC(=O)c1nc(-c2ccc(Cl)c(Cl)c2)cnc1N. The number of benzene rings is 1. The van der Waals surface area contributed by atoms with Gasteiger partial charge in [0.2, 0.25) is 0 Å². The Morgan fingerprint density at radius 2 is 2.14 bits per heavy atom. The van der Waals surface area contributed by atoms with Crippen LogP contribution in [0.4, 0.5) is 5.82 Å². The average molecular weight is 327 g/mol. The number of rotatable bonds is 4. The molecule has 1 heterocycles. The van der Waals surface area contributed by atoms with Gasteiger partial charge in [-0.05, 0) is 12.1 Å². The fourth-order valence-corrected chi connectivity index (χ4v) is 1.88. The highest BCUT2D eigenvalue weighted by atomic mass is 35.5. The molecule has 2 rings (SSSR count). The van der Waals surface area contributed by atoms with Crippen LogP contribution in [0.25, 0.3) is 11.3 Å². The number of carbonyl (C=O) groups is 1. The molecule has 0 spiro atoms. The van der Waals surface area contributed by atoms with E-state index in [1.54, 1.807) is 18.2 Å². The molecule has 3 N–H and O–H groups in total. The third kappa shape index (κ3) is 3.60. The molecule has 6 nitrogen and oxygen atoms in total. The lowest BCUT2D eigenvalue weighted by Crippen LogP contribution is -2.27. The maximum absolute atomic E-state index is 11.9. The summed E-state index contributed by atoms with van der Waals surface area (Å²) in [6.07, 6.45) is 1.46. The van der Waals surface area contributed by atoms with Gasteiger partial charge < -0.3 is 15.8 Å². The molecule has 0 radical (unpaired) electrons. The van der Waals surface area contributed by atoms with Crippen molar-refractivity contribution in [3.8, 4) is 11.3 Å². The van der Waals surface area contributed by atoms with Crippen molar-refractivity contribution in [2.45, 2.75) is 0 Å². The number of methoxy groups -OCH3 is 1. The predicted octanol–water partition coefficient (Wildman–Crippen LogP) is 2.37. The third-order valence-corrected chi connectivity index (χ3v) is 3.35. The number of hydrogen-bond acceptors (Lipinski definition) is 5. The van der Waals surface area contributed by atoms with Crippen LogP contribution in [0, 0.1) is 0 Å². The van der Waals surface area contributed by atoms with Crippen LogP contribution in [0.2, 0.25) is 10.0 Å². The molecule has 0 saturated heterocycles. The molecule has 1 aromatic carbocycles. The number of nitrogen functional groups attached to an aromatic ring is 1. The second kappa shape index (κ2) is 6.71. The molecular formula is C13H12Cl2N4O2. The van der Waals surface area contributed by atoms with Crippen molar-refractivity contribution >= 4 is 34.9 Å². The van der Waals surface area contributed by atoms with Gasteiger partial charge in [0.05, 0.1) is 21.9 Å². The van der Waals surface area contributed by atoms with Crippen LogP contribution in [0.15, 0.2) is 24.4 Å². The van der Waals surface area contributed by atoms with Crippen molar-refractivity contribution in [3.63, 3.8) is 0 Å². The number of halogens is 2. The summed E-state index contributed by atoms with van der Waals surface area (Å²) in [5.74, 6) is -0.434. The number of ether oxygens (including phenoxy) is 1. The van der Waals surface area contributed by atoms with Crippen molar-refractivity contribution in [2.24, 2.45) is 0 Å². The number of amides is 1. The van der Waals surface area contributed by atoms with Crippen LogP contribution < -0.4 is 11.1 Å². The molecule has 0 saturated carbocycles. The van der Waals surface area contributed by atoms with E-state index in [-0.39, 0.29) is 18.2 Å². The van der Waals surface area contributed by atoms with E-state index in [0.717, 1.165) is 0 Å². The normalized spacial score (nSPS) is 10.4. The van der Waals surface area contributed by atoms with Gasteiger partial charge in [-0.25, -0.2) is 9.97 Å². The van der Waals surface area contributed by atoms with Gasteiger partial charge in [0.1, 0.15) is 6.73 Å². The fourth-order valence-electron chi connectivity index (χ4n) is 1.58. The quantitative estimate of drug-likeness (QED) is 0.842. The predicted molar refractivity (Wildman–Crippen MR) is 81.2 cm³/mol. The summed E-state index contributed by atoms with van der Waals surface area (Å²) in [6, 6.07) is 5.01. The molecule has 1 amide bonds. The van der Waals surface area contributed by atoms with Gasteiger partial charge in [-0.1, -0.05) is 29.3 Å². The maximum atomic E-state index is 11.9. The fraction of sp³-hybridized carbons (Fsp3) is 0.154. The van der Waals surface area contributed by atoms with Crippen molar-refractivity contribution in [3.05, 3.63) is 40.1 Å². The molecule has 0 bridgehead atoms. The number of carbonyl (C=O) groups excluding carboxylic acids is 1. The minimum atomic E-state index is -0.469. The Labute approximate surface area is 131 Å². The van der Waals surface area contributed by atoms with Crippen LogP contribution in [-0.4, -0.2) is 29.7 Å². The van der Waals surface area contributed by atoms with E-state index in [1.807, 2.05) is 0 Å². The lowest BCUT2D eigenvalue weighted by Gasteiger charge is -2.08. The maximum Gasteiger partial charge on any atom is 0.275 e. The molecular weight excluding hydrogens is 315 g/mol. The molecule has 0 aliphatic carbocycles. The van der Waals surface area contributed by atoms with Crippen LogP contribution >= 0.6 is 23.2 Å². The molecule has 8 heteroatoms. The van der Waals surface area contributed by atoms with Gasteiger partial charge in [-0.3, -0.25) is 4.79 Å². The van der Waals surface area contributed by atoms with Gasteiger partial charge in [0, 0.05) is 12.7 Å². The van der Waals surface area contributed by atoms with Crippen molar-refractivity contribution in [2.75, 3.05) is 19.6 Å². The standard InChI is InChI=1S/C13H12Cl2N4O2/c1-21-6-18-13(20)11-12(16)17-5-10(19-11)7-2-3-8(14)9(15)4-7/h2-5H,6H2,1H3,(H2,16,17)(H,18,20). The summed E-state index contributed by atoms with van der Waals surface area (Å²) >= 11 is 11.8. The van der Waals surface area contributed by atoms with Crippen molar-refractivity contribution in [1.29, 1.82) is 0 Å². The second-order valence-corrected chi connectivity index (χ2v) is 4.87. The Bertz CT molecular complexity index is 679. The largest absolute Gasteiger partial charge is 0.382 e. The Kier molecular flexibility index (Phi) is 4.95. The zero-order valence-electron chi connectivity index (χ0n) is 11.1. The van der Waals surface area contributed by atoms with Crippen LogP contribution in [-0.2, 0) is 4.74 Å². The molecule has 0 aliphatic rings. The van der Waals surface area contributed by atoms with Crippen LogP contribution in [0.3, 0.4) is 0 Å². The molecule has 0 fully saturated rings. The first-order valence-corrected chi connectivity index (χ1v) is 6.63. The summed E-state index contributed by atoms with van der Waals surface area (Å²) in [5.41, 5.74) is 6.84. The Morgan fingerprint density at radius 3 is 2.81 bits per heavy atom. The van der Waals surface area contributed by atoms with Gasteiger partial charge in [0.25, 0.3) is 5.91 Å². The van der Waals surface area contributed by atoms with E-state index in [4.69, 9.17) is 33.7 Å². The van der Waals surface area contributed by atoms with Crippen molar-refractivity contribution < 1.29 is 9.53 Å². The Balaban J connectivity index is 2.37. The smallest absolute Gasteiger partial charge is 0.275 e. The summed E-state index contributed by atoms with van der Waals surface area (Å²) in [6.45, 7) is 0.0525. The first kappa shape index (κ1) is 15.5. The average Bonchev–Trinajstić information content (AvgIpc) is 2.48. The van der Waals surface area contributed by atoms with Crippen LogP contribution in [0.5, 0.6) is 0 Å². The second-order valence-electron chi connectivity index (χ2n) is 4.06. The molecule has 1 aromatic heterocycles. The number of aromatic nitrogens is 2. The first-order chi connectivity index (χ1) is 10.0. The van der Waals surface area contributed by atoms with Gasteiger partial charge in [-0.15, -0.1) is 0 Å². The first-order valence-electron chi connectivity index (χ1n) is 5.88. The number of nitrogens with one attached hydrogen (secondary N) is 1. The van der Waals surface area contributed by atoms with E-state index < -0.39 is 5.91 Å². The van der Waals surface area contributed by atoms with Crippen LogP contribution in [0.1, 0.15) is 10.5 Å². The zero-order chi connectivity index (χ0) is 15.4. The lowest BCUT2D eigenvalue weighted by atomic mass is 10.1. The highest BCUT2D eigenvalue weighted by Gasteiger charge is 2.14. The Hall–Kier alpha value is -1.89. The van der Waals surface area contributed by atoms with E-state index in [0.29, 0.717) is 21.3 Å². The number of hydrogen-bond donors (Lipinski definition) is 2. The minimum absolute atomic E-state index is 0.0237. The number of nitrogens with two attached hydrogens (primary N) is 1. The highest BCUT2D eigenvalue weighted by molar-refractivity contribution is 6.42. The zero-order valence-corrected chi connectivity index (χ0v) is 12.6. The minimum Gasteiger partial charge on any atom is -0.382 e. The van der Waals surface area contributed by atoms with Gasteiger partial charge >= 0.3 is 0 Å². The molecule has 0 aliphatic heterocycles. The number of anilines is 1. The summed E-state index contributed by atoms with van der Waals surface area (Å²) in [4.78, 5) is 20.1. The molecule has 0 atom stereocenters. The third-order valence-electron chi connectivity index (χ3n) is 2.61. The topological polar surface area (TPSA) is 90.1 Å².